The summed E-state index contributed by atoms with van der Waals surface area (Å²) in [6.45, 7) is 12.7. The number of hydrogen-bond donors (Lipinski definition) is 1. The molecule has 1 rings (SSSR count). The Kier molecular flexibility index (Phi) is 5.67. The van der Waals surface area contributed by atoms with E-state index in [-0.39, 0.29) is 5.54 Å². The zero-order valence-electron chi connectivity index (χ0n) is 12.4. The first-order chi connectivity index (χ1) is 8.38. The van der Waals surface area contributed by atoms with Gasteiger partial charge < -0.3 is 10.1 Å². The topological polar surface area (TPSA) is 21.3 Å². The molecule has 0 aliphatic carbocycles. The molecule has 0 fully saturated rings. The highest BCUT2D eigenvalue weighted by Gasteiger charge is 2.07. The standard InChI is InChI=1S/C16H27NO/c1-13(2)14-8-6-9-15(12-14)18-11-7-10-17-16(3,4)5/h6,8-9,12-13,17H,7,10-11H2,1-5H3. The Labute approximate surface area is 112 Å². The van der Waals surface area contributed by atoms with E-state index >= 15 is 0 Å². The first kappa shape index (κ1) is 15.0. The number of ether oxygens (including phenoxy) is 1. The van der Waals surface area contributed by atoms with Crippen molar-refractivity contribution in [2.45, 2.75) is 52.5 Å². The van der Waals surface area contributed by atoms with Crippen molar-refractivity contribution in [3.8, 4) is 5.75 Å². The van der Waals surface area contributed by atoms with Crippen molar-refractivity contribution >= 4 is 0 Å². The van der Waals surface area contributed by atoms with E-state index in [1.807, 2.05) is 6.07 Å². The maximum Gasteiger partial charge on any atom is 0.119 e. The summed E-state index contributed by atoms with van der Waals surface area (Å²) in [5.41, 5.74) is 1.53. The molecule has 0 amide bonds. The molecule has 0 spiro atoms. The number of hydrogen-bond acceptors (Lipinski definition) is 2. The highest BCUT2D eigenvalue weighted by Crippen LogP contribution is 2.20. The fourth-order valence-electron chi connectivity index (χ4n) is 1.69. The minimum atomic E-state index is 0.192. The molecule has 1 N–H and O–H groups in total. The molecule has 0 bridgehead atoms. The van der Waals surface area contributed by atoms with Gasteiger partial charge in [0.25, 0.3) is 0 Å². The Morgan fingerprint density at radius 1 is 1.22 bits per heavy atom. The van der Waals surface area contributed by atoms with Crippen LogP contribution < -0.4 is 10.1 Å². The molecule has 2 heteroatoms. The fourth-order valence-corrected chi connectivity index (χ4v) is 1.69. The zero-order valence-corrected chi connectivity index (χ0v) is 12.4. The van der Waals surface area contributed by atoms with Crippen LogP contribution in [-0.4, -0.2) is 18.7 Å². The van der Waals surface area contributed by atoms with Gasteiger partial charge in [0.05, 0.1) is 6.61 Å². The van der Waals surface area contributed by atoms with E-state index in [4.69, 9.17) is 4.74 Å². The Morgan fingerprint density at radius 2 is 1.94 bits per heavy atom. The second-order valence-corrected chi connectivity index (χ2v) is 6.11. The van der Waals surface area contributed by atoms with Crippen LogP contribution in [0.4, 0.5) is 0 Å². The van der Waals surface area contributed by atoms with Crippen LogP contribution in [-0.2, 0) is 0 Å². The first-order valence-electron chi connectivity index (χ1n) is 6.86. The van der Waals surface area contributed by atoms with Gasteiger partial charge in [0.15, 0.2) is 0 Å². The van der Waals surface area contributed by atoms with Crippen molar-refractivity contribution in [1.82, 2.24) is 5.32 Å². The lowest BCUT2D eigenvalue weighted by atomic mass is 10.0. The van der Waals surface area contributed by atoms with Gasteiger partial charge in [-0.15, -0.1) is 0 Å². The van der Waals surface area contributed by atoms with Gasteiger partial charge in [-0.3, -0.25) is 0 Å². The van der Waals surface area contributed by atoms with E-state index in [9.17, 15) is 0 Å². The largest absolute Gasteiger partial charge is 0.494 e. The van der Waals surface area contributed by atoms with E-state index in [1.165, 1.54) is 5.56 Å². The molecule has 0 aliphatic rings. The molecule has 0 saturated carbocycles. The molecule has 0 atom stereocenters. The van der Waals surface area contributed by atoms with Gasteiger partial charge in [-0.2, -0.15) is 0 Å². The molecule has 0 radical (unpaired) electrons. The minimum Gasteiger partial charge on any atom is -0.494 e. The molecule has 102 valence electrons. The molecule has 1 aromatic rings. The Balaban J connectivity index is 2.29. The predicted molar refractivity (Wildman–Crippen MR) is 78.4 cm³/mol. The summed E-state index contributed by atoms with van der Waals surface area (Å²) >= 11 is 0. The third-order valence-electron chi connectivity index (χ3n) is 2.77. The normalized spacial score (nSPS) is 11.9. The van der Waals surface area contributed by atoms with Crippen LogP contribution in [0.1, 0.15) is 52.5 Å². The number of nitrogens with one attached hydrogen (secondary N) is 1. The maximum atomic E-state index is 5.77. The van der Waals surface area contributed by atoms with Gasteiger partial charge in [0, 0.05) is 5.54 Å². The van der Waals surface area contributed by atoms with E-state index < -0.39 is 0 Å². The van der Waals surface area contributed by atoms with Crippen LogP contribution in [0.5, 0.6) is 5.75 Å². The van der Waals surface area contributed by atoms with Gasteiger partial charge in [-0.05, 0) is 57.4 Å². The smallest absolute Gasteiger partial charge is 0.119 e. The van der Waals surface area contributed by atoms with E-state index in [0.29, 0.717) is 5.92 Å². The van der Waals surface area contributed by atoms with Crippen LogP contribution in [0.15, 0.2) is 24.3 Å². The summed E-state index contributed by atoms with van der Waals surface area (Å²) in [6, 6.07) is 8.39. The van der Waals surface area contributed by atoms with Crippen molar-refractivity contribution in [3.63, 3.8) is 0 Å². The van der Waals surface area contributed by atoms with Crippen molar-refractivity contribution in [2.75, 3.05) is 13.2 Å². The highest BCUT2D eigenvalue weighted by atomic mass is 16.5. The molecule has 0 unspecified atom stereocenters. The molecule has 0 aliphatic heterocycles. The average Bonchev–Trinajstić information content (AvgIpc) is 2.27. The van der Waals surface area contributed by atoms with Crippen LogP contribution >= 0.6 is 0 Å². The molecule has 0 aromatic heterocycles. The quantitative estimate of drug-likeness (QED) is 0.770. The predicted octanol–water partition coefficient (Wildman–Crippen LogP) is 3.97. The first-order valence-corrected chi connectivity index (χ1v) is 6.86. The SMILES string of the molecule is CC(C)c1cccc(OCCCNC(C)(C)C)c1. The van der Waals surface area contributed by atoms with Crippen LogP contribution in [0.2, 0.25) is 0 Å². The molecule has 18 heavy (non-hydrogen) atoms. The molecule has 0 saturated heterocycles. The lowest BCUT2D eigenvalue weighted by molar-refractivity contribution is 0.298. The molecule has 2 nitrogen and oxygen atoms in total. The lowest BCUT2D eigenvalue weighted by Gasteiger charge is -2.20. The van der Waals surface area contributed by atoms with Crippen molar-refractivity contribution in [3.05, 3.63) is 29.8 Å². The summed E-state index contributed by atoms with van der Waals surface area (Å²) in [5, 5.41) is 3.46. The monoisotopic (exact) mass is 249 g/mol. The second-order valence-electron chi connectivity index (χ2n) is 6.11. The van der Waals surface area contributed by atoms with Gasteiger partial charge in [0.1, 0.15) is 5.75 Å². The van der Waals surface area contributed by atoms with Crippen LogP contribution in [0.25, 0.3) is 0 Å². The highest BCUT2D eigenvalue weighted by molar-refractivity contribution is 5.30. The maximum absolute atomic E-state index is 5.77. The lowest BCUT2D eigenvalue weighted by Crippen LogP contribution is -2.36. The van der Waals surface area contributed by atoms with Gasteiger partial charge >= 0.3 is 0 Å². The summed E-state index contributed by atoms with van der Waals surface area (Å²) < 4.78 is 5.77. The summed E-state index contributed by atoms with van der Waals surface area (Å²) in [5.74, 6) is 1.54. The van der Waals surface area contributed by atoms with E-state index in [1.54, 1.807) is 0 Å². The van der Waals surface area contributed by atoms with Gasteiger partial charge in [-0.1, -0.05) is 26.0 Å². The third-order valence-corrected chi connectivity index (χ3v) is 2.77. The van der Waals surface area contributed by atoms with Crippen molar-refractivity contribution in [2.24, 2.45) is 0 Å². The van der Waals surface area contributed by atoms with Crippen molar-refractivity contribution < 1.29 is 4.74 Å². The fraction of sp³-hybridized carbons (Fsp3) is 0.625. The van der Waals surface area contributed by atoms with Crippen LogP contribution in [0, 0.1) is 0 Å². The summed E-state index contributed by atoms with van der Waals surface area (Å²) in [4.78, 5) is 0. The third kappa shape index (κ3) is 6.06. The van der Waals surface area contributed by atoms with Gasteiger partial charge in [0.2, 0.25) is 0 Å². The minimum absolute atomic E-state index is 0.192. The summed E-state index contributed by atoms with van der Waals surface area (Å²) in [7, 11) is 0. The van der Waals surface area contributed by atoms with E-state index in [0.717, 1.165) is 25.3 Å². The average molecular weight is 249 g/mol. The summed E-state index contributed by atoms with van der Waals surface area (Å²) in [6.07, 6.45) is 1.03. The van der Waals surface area contributed by atoms with Crippen molar-refractivity contribution in [1.29, 1.82) is 0 Å². The second kappa shape index (κ2) is 6.79. The number of benzene rings is 1. The Morgan fingerprint density at radius 3 is 2.56 bits per heavy atom. The molecular formula is C16H27NO. The Hall–Kier alpha value is -1.02. The van der Waals surface area contributed by atoms with Crippen LogP contribution in [0.3, 0.4) is 0 Å². The molecule has 0 heterocycles. The van der Waals surface area contributed by atoms with Gasteiger partial charge in [-0.25, -0.2) is 0 Å². The van der Waals surface area contributed by atoms with E-state index in [2.05, 4.69) is 58.1 Å². The zero-order chi connectivity index (χ0) is 13.6. The molecular weight excluding hydrogens is 222 g/mol. The molecule has 1 aromatic carbocycles. The Bertz CT molecular complexity index is 352. The number of rotatable bonds is 6.